The van der Waals surface area contributed by atoms with Crippen LogP contribution in [0.2, 0.25) is 0 Å². The van der Waals surface area contributed by atoms with Gasteiger partial charge in [-0.2, -0.15) is 13.2 Å². The molecule has 1 unspecified atom stereocenters. The molecule has 0 aromatic carbocycles. The lowest BCUT2D eigenvalue weighted by molar-refractivity contribution is -0.122. The molecule has 0 bridgehead atoms. The van der Waals surface area contributed by atoms with E-state index >= 15 is 0 Å². The monoisotopic (exact) mass is 297 g/mol. The van der Waals surface area contributed by atoms with Crippen LogP contribution in [0.5, 0.6) is 0 Å². The van der Waals surface area contributed by atoms with Crippen LogP contribution >= 0.6 is 0 Å². The van der Waals surface area contributed by atoms with Crippen molar-refractivity contribution < 1.29 is 23.1 Å². The average molecular weight is 297 g/mol. The third-order valence-electron chi connectivity index (χ3n) is 3.32. The minimum absolute atomic E-state index is 0.165. The van der Waals surface area contributed by atoms with Crippen LogP contribution in [0.1, 0.15) is 25.7 Å². The Morgan fingerprint density at radius 1 is 1.30 bits per heavy atom. The van der Waals surface area contributed by atoms with E-state index < -0.39 is 18.8 Å². The fourth-order valence-electron chi connectivity index (χ4n) is 2.28. The van der Waals surface area contributed by atoms with Gasteiger partial charge in [-0.15, -0.1) is 0 Å². The molecule has 0 aliphatic carbocycles. The molecular weight excluding hydrogens is 275 g/mol. The van der Waals surface area contributed by atoms with Gasteiger partial charge in [-0.3, -0.25) is 4.90 Å². The van der Waals surface area contributed by atoms with Gasteiger partial charge in [-0.1, -0.05) is 0 Å². The molecule has 1 aliphatic rings. The first-order valence-corrected chi connectivity index (χ1v) is 6.86. The summed E-state index contributed by atoms with van der Waals surface area (Å²) in [5, 5.41) is 13.3. The topological polar surface area (TPSA) is 64.6 Å². The van der Waals surface area contributed by atoms with Crippen molar-refractivity contribution in [1.29, 1.82) is 0 Å². The minimum atomic E-state index is -4.38. The van der Waals surface area contributed by atoms with E-state index in [2.05, 4.69) is 10.2 Å². The highest BCUT2D eigenvalue weighted by atomic mass is 19.4. The lowest BCUT2D eigenvalue weighted by Crippen LogP contribution is -2.41. The number of rotatable bonds is 7. The van der Waals surface area contributed by atoms with Crippen molar-refractivity contribution in [3.05, 3.63) is 0 Å². The number of likely N-dealkylation sites (tertiary alicyclic amines) is 1. The van der Waals surface area contributed by atoms with Crippen LogP contribution in [-0.2, 0) is 0 Å². The molecule has 1 saturated heterocycles. The third-order valence-corrected chi connectivity index (χ3v) is 3.32. The van der Waals surface area contributed by atoms with E-state index in [-0.39, 0.29) is 12.6 Å². The Bertz CT molecular complexity index is 300. The van der Waals surface area contributed by atoms with E-state index in [9.17, 15) is 18.0 Å². The Labute approximate surface area is 116 Å². The largest absolute Gasteiger partial charge is 0.405 e. The van der Waals surface area contributed by atoms with Gasteiger partial charge in [0.2, 0.25) is 0 Å². The van der Waals surface area contributed by atoms with Crippen LogP contribution in [0, 0.1) is 0 Å². The summed E-state index contributed by atoms with van der Waals surface area (Å²) in [5.41, 5.74) is 0. The summed E-state index contributed by atoms with van der Waals surface area (Å²) < 4.78 is 35.5. The Balaban J connectivity index is 2.00. The van der Waals surface area contributed by atoms with Gasteiger partial charge in [0.05, 0.1) is 6.61 Å². The molecule has 0 aromatic heterocycles. The van der Waals surface area contributed by atoms with E-state index in [1.165, 1.54) is 0 Å². The number of urea groups is 1. The fraction of sp³-hybridized carbons (Fsp3) is 0.917. The summed E-state index contributed by atoms with van der Waals surface area (Å²) in [7, 11) is 0. The highest BCUT2D eigenvalue weighted by Crippen LogP contribution is 2.16. The average Bonchev–Trinajstić information content (AvgIpc) is 2.82. The van der Waals surface area contributed by atoms with Crippen LogP contribution in [0.3, 0.4) is 0 Å². The van der Waals surface area contributed by atoms with Gasteiger partial charge in [0, 0.05) is 12.6 Å². The maximum Gasteiger partial charge on any atom is 0.405 e. The predicted molar refractivity (Wildman–Crippen MR) is 68.4 cm³/mol. The number of unbranched alkanes of at least 4 members (excludes halogenated alkanes) is 1. The molecular formula is C12H22F3N3O2. The fourth-order valence-corrected chi connectivity index (χ4v) is 2.28. The lowest BCUT2D eigenvalue weighted by atomic mass is 10.2. The second-order valence-electron chi connectivity index (χ2n) is 4.95. The molecule has 5 nitrogen and oxygen atoms in total. The van der Waals surface area contributed by atoms with Crippen LogP contribution in [-0.4, -0.2) is 61.0 Å². The maximum absolute atomic E-state index is 11.8. The summed E-state index contributed by atoms with van der Waals surface area (Å²) in [4.78, 5) is 13.3. The second-order valence-corrected chi connectivity index (χ2v) is 4.95. The third kappa shape index (κ3) is 6.95. The molecule has 0 radical (unpaired) electrons. The number of aliphatic hydroxyl groups excluding tert-OH is 1. The summed E-state index contributed by atoms with van der Waals surface area (Å²) in [6, 6.07) is -0.560. The second kappa shape index (κ2) is 8.31. The number of hydrogen-bond acceptors (Lipinski definition) is 3. The lowest BCUT2D eigenvalue weighted by Gasteiger charge is -2.22. The number of carbonyl (C=O) groups is 1. The molecule has 1 rings (SSSR count). The quantitative estimate of drug-likeness (QED) is 0.616. The molecule has 1 aliphatic heterocycles. The van der Waals surface area contributed by atoms with Crippen molar-refractivity contribution in [2.45, 2.75) is 37.9 Å². The van der Waals surface area contributed by atoms with Crippen molar-refractivity contribution in [1.82, 2.24) is 15.5 Å². The van der Waals surface area contributed by atoms with E-state index in [4.69, 9.17) is 5.11 Å². The van der Waals surface area contributed by atoms with E-state index in [0.29, 0.717) is 13.0 Å². The van der Waals surface area contributed by atoms with Crippen molar-refractivity contribution in [3.63, 3.8) is 0 Å². The highest BCUT2D eigenvalue weighted by molar-refractivity contribution is 5.73. The number of amides is 2. The molecule has 8 heteroatoms. The van der Waals surface area contributed by atoms with Crippen molar-refractivity contribution >= 4 is 6.03 Å². The molecule has 0 spiro atoms. The summed E-state index contributed by atoms with van der Waals surface area (Å²) in [6.07, 6.45) is -0.742. The standard InChI is InChI=1S/C12H22F3N3O2/c13-12(14,15)9-17-11(20)16-5-1-2-6-18-7-3-4-10(18)8-19/h10,19H,1-9H2,(H2,16,17,20). The van der Waals surface area contributed by atoms with Gasteiger partial charge in [0.25, 0.3) is 0 Å². The summed E-state index contributed by atoms with van der Waals surface area (Å²) in [6.45, 7) is 1.02. The summed E-state index contributed by atoms with van der Waals surface area (Å²) >= 11 is 0. The normalized spacial score (nSPS) is 20.1. The molecule has 118 valence electrons. The van der Waals surface area contributed by atoms with Crippen LogP contribution in [0.25, 0.3) is 0 Å². The van der Waals surface area contributed by atoms with Gasteiger partial charge in [-0.05, 0) is 38.8 Å². The number of nitrogens with one attached hydrogen (secondary N) is 2. The molecule has 1 atom stereocenters. The molecule has 1 fully saturated rings. The molecule has 20 heavy (non-hydrogen) atoms. The molecule has 2 amide bonds. The first kappa shape index (κ1) is 17.0. The number of nitrogens with zero attached hydrogens (tertiary/aromatic N) is 1. The van der Waals surface area contributed by atoms with Crippen molar-refractivity contribution in [2.24, 2.45) is 0 Å². The zero-order valence-electron chi connectivity index (χ0n) is 11.4. The Morgan fingerprint density at radius 3 is 2.70 bits per heavy atom. The van der Waals surface area contributed by atoms with Gasteiger partial charge in [0.15, 0.2) is 0 Å². The Kier molecular flexibility index (Phi) is 7.08. The molecule has 0 saturated carbocycles. The number of aliphatic hydroxyl groups is 1. The van der Waals surface area contributed by atoms with Crippen LogP contribution in [0.15, 0.2) is 0 Å². The minimum Gasteiger partial charge on any atom is -0.395 e. The number of alkyl halides is 3. The van der Waals surface area contributed by atoms with Gasteiger partial charge in [0.1, 0.15) is 6.54 Å². The smallest absolute Gasteiger partial charge is 0.395 e. The Morgan fingerprint density at radius 2 is 2.05 bits per heavy atom. The molecule has 3 N–H and O–H groups in total. The van der Waals surface area contributed by atoms with E-state index in [1.54, 1.807) is 5.32 Å². The number of halogens is 3. The number of carbonyl (C=O) groups excluding carboxylic acids is 1. The van der Waals surface area contributed by atoms with Crippen LogP contribution in [0.4, 0.5) is 18.0 Å². The number of hydrogen-bond donors (Lipinski definition) is 3. The molecule has 1 heterocycles. The van der Waals surface area contributed by atoms with E-state index in [0.717, 1.165) is 32.4 Å². The van der Waals surface area contributed by atoms with Gasteiger partial charge >= 0.3 is 12.2 Å². The first-order valence-electron chi connectivity index (χ1n) is 6.86. The van der Waals surface area contributed by atoms with E-state index in [1.807, 2.05) is 0 Å². The van der Waals surface area contributed by atoms with Crippen LogP contribution < -0.4 is 10.6 Å². The molecule has 0 aromatic rings. The zero-order valence-corrected chi connectivity index (χ0v) is 11.4. The maximum atomic E-state index is 11.8. The van der Waals surface area contributed by atoms with Gasteiger partial charge in [-0.25, -0.2) is 4.79 Å². The summed E-state index contributed by atoms with van der Waals surface area (Å²) in [5.74, 6) is 0. The predicted octanol–water partition coefficient (Wildman–Crippen LogP) is 1.08. The van der Waals surface area contributed by atoms with Gasteiger partial charge < -0.3 is 15.7 Å². The van der Waals surface area contributed by atoms with Crippen molar-refractivity contribution in [2.75, 3.05) is 32.8 Å². The highest BCUT2D eigenvalue weighted by Gasteiger charge is 2.27. The SMILES string of the molecule is O=C(NCCCCN1CCCC1CO)NCC(F)(F)F. The zero-order chi connectivity index (χ0) is 15.0. The Hall–Kier alpha value is -1.02. The van der Waals surface area contributed by atoms with Crippen molar-refractivity contribution in [3.8, 4) is 0 Å². The first-order chi connectivity index (χ1) is 9.42.